The molecule has 1 amide bonds. The average Bonchev–Trinajstić information content (AvgIpc) is 2.96. The summed E-state index contributed by atoms with van der Waals surface area (Å²) in [7, 11) is 0. The number of rotatable bonds is 14. The number of unbranched alkanes of at least 4 members (excludes halogenated alkanes) is 2. The van der Waals surface area contributed by atoms with E-state index in [1.165, 1.54) is 55.2 Å². The molecule has 8 heteroatoms. The van der Waals surface area contributed by atoms with Crippen molar-refractivity contribution in [1.29, 1.82) is 0 Å². The molecule has 0 unspecified atom stereocenters. The smallest absolute Gasteiger partial charge is 0.335 e. The van der Waals surface area contributed by atoms with E-state index in [0.29, 0.717) is 25.4 Å². The molecule has 2 N–H and O–H groups in total. The maximum atomic E-state index is 12.9. The van der Waals surface area contributed by atoms with Crippen molar-refractivity contribution in [2.45, 2.75) is 84.5 Å². The summed E-state index contributed by atoms with van der Waals surface area (Å²) in [5.74, 6) is -0.231. The molecule has 2 aromatic rings. The number of hydrogen-bond donors (Lipinski definition) is 2. The van der Waals surface area contributed by atoms with Crippen LogP contribution in [0.15, 0.2) is 42.5 Å². The zero-order valence-corrected chi connectivity index (χ0v) is 25.2. The first-order valence-electron chi connectivity index (χ1n) is 15.5. The van der Waals surface area contributed by atoms with Crippen LogP contribution < -0.4 is 9.47 Å². The molecule has 0 radical (unpaired) electrons. The summed E-state index contributed by atoms with van der Waals surface area (Å²) < 4.78 is 11.6. The molecule has 1 aliphatic heterocycles. The Balaban J connectivity index is 0.000000603. The number of hydrogen-bond acceptors (Lipinski definition) is 5. The Bertz CT molecular complexity index is 1140. The van der Waals surface area contributed by atoms with E-state index in [0.717, 1.165) is 55.9 Å². The maximum absolute atomic E-state index is 12.9. The number of aromatic carboxylic acids is 1. The summed E-state index contributed by atoms with van der Waals surface area (Å²) >= 11 is 0. The highest BCUT2D eigenvalue weighted by Crippen LogP contribution is 2.28. The quantitative estimate of drug-likeness (QED) is 0.229. The van der Waals surface area contributed by atoms with Crippen LogP contribution in [0.2, 0.25) is 0 Å². The molecule has 0 spiro atoms. The Morgan fingerprint density at radius 2 is 1.57 bits per heavy atom. The molecular formula is C34H47NO7. The molecule has 42 heavy (non-hydrogen) atoms. The van der Waals surface area contributed by atoms with Gasteiger partial charge in [0.2, 0.25) is 0 Å². The standard InChI is InChI=1S/C27H33NO7.C7H14/c1-2-3-4-13-34-22-10-7-19(8-11-22)6-5-14-35-24-12-9-21(27(32)33)16-23(24)26(31)28-17-20(18-28)15-25(29)30;1-7-5-3-2-4-6-7/h7-12,16,20H,2-6,13-15,17-18H2,1H3,(H,29,30)(H,32,33);7H,2-6H2,1H3. The second-order valence-corrected chi connectivity index (χ2v) is 11.6. The van der Waals surface area contributed by atoms with E-state index in [2.05, 4.69) is 13.8 Å². The Labute approximate surface area is 250 Å². The van der Waals surface area contributed by atoms with Gasteiger partial charge in [-0.25, -0.2) is 4.79 Å². The highest BCUT2D eigenvalue weighted by molar-refractivity contribution is 6.00. The predicted molar refractivity (Wildman–Crippen MR) is 163 cm³/mol. The first-order chi connectivity index (χ1) is 20.3. The van der Waals surface area contributed by atoms with Gasteiger partial charge in [0.05, 0.1) is 30.8 Å². The molecule has 1 aliphatic carbocycles. The molecule has 8 nitrogen and oxygen atoms in total. The van der Waals surface area contributed by atoms with Crippen LogP contribution in [0.3, 0.4) is 0 Å². The van der Waals surface area contributed by atoms with Gasteiger partial charge in [-0.3, -0.25) is 9.59 Å². The van der Waals surface area contributed by atoms with Crippen molar-refractivity contribution in [3.8, 4) is 11.5 Å². The fourth-order valence-electron chi connectivity index (χ4n) is 5.30. The van der Waals surface area contributed by atoms with Crippen LogP contribution in [-0.4, -0.2) is 59.3 Å². The van der Waals surface area contributed by atoms with Crippen molar-refractivity contribution in [2.75, 3.05) is 26.3 Å². The number of carbonyl (C=O) groups excluding carboxylic acids is 1. The fraction of sp³-hybridized carbons (Fsp3) is 0.559. The van der Waals surface area contributed by atoms with Crippen molar-refractivity contribution < 1.29 is 34.1 Å². The minimum absolute atomic E-state index is 0.000289. The summed E-state index contributed by atoms with van der Waals surface area (Å²) in [5.41, 5.74) is 1.33. The third kappa shape index (κ3) is 11.0. The molecule has 4 rings (SSSR count). The zero-order chi connectivity index (χ0) is 30.3. The van der Waals surface area contributed by atoms with Gasteiger partial charge in [0, 0.05) is 19.0 Å². The van der Waals surface area contributed by atoms with Gasteiger partial charge in [-0.05, 0) is 61.1 Å². The minimum atomic E-state index is -1.13. The lowest BCUT2D eigenvalue weighted by Gasteiger charge is -2.38. The van der Waals surface area contributed by atoms with E-state index in [1.807, 2.05) is 24.3 Å². The van der Waals surface area contributed by atoms with E-state index in [-0.39, 0.29) is 29.4 Å². The number of carbonyl (C=O) groups is 3. The number of ether oxygens (including phenoxy) is 2. The first kappa shape index (κ1) is 33.0. The van der Waals surface area contributed by atoms with Crippen LogP contribution in [0.4, 0.5) is 0 Å². The number of amides is 1. The van der Waals surface area contributed by atoms with Gasteiger partial charge < -0.3 is 24.6 Å². The SMILES string of the molecule is CC1CCCCC1.CCCCCOc1ccc(CCCOc2ccc(C(=O)O)cc2C(=O)N2CC(CC(=O)O)C2)cc1. The van der Waals surface area contributed by atoms with Gasteiger partial charge in [-0.2, -0.15) is 0 Å². The normalized spacial score (nSPS) is 15.2. The molecule has 1 saturated heterocycles. The van der Waals surface area contributed by atoms with Crippen molar-refractivity contribution in [2.24, 2.45) is 11.8 Å². The van der Waals surface area contributed by atoms with Gasteiger partial charge >= 0.3 is 11.9 Å². The Morgan fingerprint density at radius 1 is 0.881 bits per heavy atom. The molecule has 2 aliphatic rings. The molecule has 1 saturated carbocycles. The summed E-state index contributed by atoms with van der Waals surface area (Å²) in [6.45, 7) is 6.28. The van der Waals surface area contributed by atoms with Crippen molar-refractivity contribution in [3.63, 3.8) is 0 Å². The van der Waals surface area contributed by atoms with Crippen LogP contribution in [0.5, 0.6) is 11.5 Å². The molecule has 0 aromatic heterocycles. The molecule has 2 aromatic carbocycles. The third-order valence-electron chi connectivity index (χ3n) is 7.87. The molecule has 0 atom stereocenters. The zero-order valence-electron chi connectivity index (χ0n) is 25.2. The van der Waals surface area contributed by atoms with E-state index >= 15 is 0 Å². The number of carboxylic acids is 2. The summed E-state index contributed by atoms with van der Waals surface area (Å²) in [5, 5.41) is 18.2. The lowest BCUT2D eigenvalue weighted by atomic mass is 9.91. The summed E-state index contributed by atoms with van der Waals surface area (Å²) in [6, 6.07) is 12.2. The molecule has 1 heterocycles. The van der Waals surface area contributed by atoms with Gasteiger partial charge in [-0.1, -0.05) is 70.9 Å². The Kier molecular flexibility index (Phi) is 13.7. The molecule has 230 valence electrons. The minimum Gasteiger partial charge on any atom is -0.494 e. The predicted octanol–water partition coefficient (Wildman–Crippen LogP) is 7.10. The van der Waals surface area contributed by atoms with Crippen LogP contribution in [0, 0.1) is 11.8 Å². The van der Waals surface area contributed by atoms with Crippen LogP contribution in [0.1, 0.15) is 104 Å². The second-order valence-electron chi connectivity index (χ2n) is 11.6. The molecule has 2 fully saturated rings. The lowest BCUT2D eigenvalue weighted by molar-refractivity contribution is -0.139. The molecule has 0 bridgehead atoms. The monoisotopic (exact) mass is 581 g/mol. The van der Waals surface area contributed by atoms with Crippen molar-refractivity contribution in [3.05, 3.63) is 59.2 Å². The van der Waals surface area contributed by atoms with E-state index < -0.39 is 11.9 Å². The van der Waals surface area contributed by atoms with Gasteiger partial charge in [0.1, 0.15) is 11.5 Å². The first-order valence-corrected chi connectivity index (χ1v) is 15.5. The van der Waals surface area contributed by atoms with Crippen LogP contribution >= 0.6 is 0 Å². The Morgan fingerprint density at radius 3 is 2.17 bits per heavy atom. The highest BCUT2D eigenvalue weighted by Gasteiger charge is 2.34. The maximum Gasteiger partial charge on any atom is 0.335 e. The third-order valence-corrected chi connectivity index (χ3v) is 7.87. The fourth-order valence-corrected chi connectivity index (χ4v) is 5.30. The number of carboxylic acid groups (broad SMARTS) is 2. The van der Waals surface area contributed by atoms with Gasteiger partial charge in [0.25, 0.3) is 5.91 Å². The second kappa shape index (κ2) is 17.4. The lowest BCUT2D eigenvalue weighted by Crippen LogP contribution is -2.50. The number of aryl methyl sites for hydroxylation is 1. The summed E-state index contributed by atoms with van der Waals surface area (Å²) in [4.78, 5) is 36.7. The number of aliphatic carboxylic acids is 1. The Hall–Kier alpha value is -3.55. The topological polar surface area (TPSA) is 113 Å². The number of benzene rings is 2. The molecular weight excluding hydrogens is 534 g/mol. The average molecular weight is 582 g/mol. The van der Waals surface area contributed by atoms with Crippen LogP contribution in [0.25, 0.3) is 0 Å². The van der Waals surface area contributed by atoms with E-state index in [4.69, 9.17) is 14.6 Å². The summed E-state index contributed by atoms with van der Waals surface area (Å²) in [6.07, 6.45) is 12.3. The van der Waals surface area contributed by atoms with Crippen molar-refractivity contribution >= 4 is 17.8 Å². The van der Waals surface area contributed by atoms with Gasteiger partial charge in [0.15, 0.2) is 0 Å². The highest BCUT2D eigenvalue weighted by atomic mass is 16.5. The van der Waals surface area contributed by atoms with E-state index in [1.54, 1.807) is 0 Å². The van der Waals surface area contributed by atoms with Gasteiger partial charge in [-0.15, -0.1) is 0 Å². The number of likely N-dealkylation sites (tertiary alicyclic amines) is 1. The van der Waals surface area contributed by atoms with E-state index in [9.17, 15) is 19.5 Å². The van der Waals surface area contributed by atoms with Crippen LogP contribution in [-0.2, 0) is 11.2 Å². The van der Waals surface area contributed by atoms with Crippen molar-refractivity contribution in [1.82, 2.24) is 4.90 Å². The largest absolute Gasteiger partial charge is 0.494 e. The number of nitrogens with zero attached hydrogens (tertiary/aromatic N) is 1.